The van der Waals surface area contributed by atoms with Gasteiger partial charge in [0.25, 0.3) is 0 Å². The summed E-state index contributed by atoms with van der Waals surface area (Å²) >= 11 is 0. The second kappa shape index (κ2) is 9.52. The topological polar surface area (TPSA) is 115 Å². The van der Waals surface area contributed by atoms with Gasteiger partial charge in [-0.3, -0.25) is 0 Å². The molecule has 38 heavy (non-hydrogen) atoms. The third kappa shape index (κ3) is 3.96. The predicted molar refractivity (Wildman–Crippen MR) is 138 cm³/mol. The number of carbonyl (C=O) groups is 1. The summed E-state index contributed by atoms with van der Waals surface area (Å²) < 4.78 is 23.1. The average molecular weight is 535 g/mol. The summed E-state index contributed by atoms with van der Waals surface area (Å²) in [5.74, 6) is 0.285. The van der Waals surface area contributed by atoms with Gasteiger partial charge in [-0.05, 0) is 93.0 Å². The van der Waals surface area contributed by atoms with Crippen LogP contribution in [-0.4, -0.2) is 77.4 Å². The molecular weight excluding hydrogens is 488 g/mol. The Morgan fingerprint density at radius 3 is 2.58 bits per heavy atom. The standard InChI is InChI=1S/C30H46O8/c1-16-27(33)23(35-4)13-25(37-16)38-19-7-9-28(2)18(12-19)5-6-21-26(28)22(31)14-29(3)20(8-10-30(21,29)34)17-11-24(32)36-15-17/h11,16,18-23,25-27,31,33-34H,5-10,12-15H2,1-4H3/t16-,18-,19+,20+,21-,22-,23-,25+,26-,27+,28+,29-,30+/m1/s1. The Bertz CT molecular complexity index is 968. The smallest absolute Gasteiger partial charge is 0.331 e. The van der Waals surface area contributed by atoms with Gasteiger partial charge in [0.2, 0.25) is 0 Å². The maximum absolute atomic E-state index is 12.4. The van der Waals surface area contributed by atoms with Gasteiger partial charge in [0.1, 0.15) is 12.7 Å². The van der Waals surface area contributed by atoms with Crippen molar-refractivity contribution in [3.63, 3.8) is 0 Å². The molecule has 0 spiro atoms. The number of cyclic esters (lactones) is 1. The van der Waals surface area contributed by atoms with Crippen LogP contribution in [0.3, 0.4) is 0 Å². The Kier molecular flexibility index (Phi) is 6.80. The lowest BCUT2D eigenvalue weighted by molar-refractivity contribution is -0.278. The SMILES string of the molecule is CO[C@@H]1C[C@H](O[C@H]2CC[C@@]3(C)[C@H](CC[C@@H]4[C@@H]3[C@H](O)C[C@]3(C)[C@H](C5=CC(=O)OC5)CC[C@]43O)C2)O[C@H](C)[C@@H]1O. The van der Waals surface area contributed by atoms with Gasteiger partial charge in [-0.15, -0.1) is 0 Å². The van der Waals surface area contributed by atoms with Crippen molar-refractivity contribution in [3.8, 4) is 0 Å². The lowest BCUT2D eigenvalue weighted by atomic mass is 9.42. The number of fused-ring (bicyclic) bond motifs is 5. The van der Waals surface area contributed by atoms with Crippen LogP contribution in [0.4, 0.5) is 0 Å². The Balaban J connectivity index is 1.18. The molecule has 6 aliphatic rings. The first-order chi connectivity index (χ1) is 18.0. The highest BCUT2D eigenvalue weighted by atomic mass is 16.7. The second-order valence-electron chi connectivity index (χ2n) is 13.7. The van der Waals surface area contributed by atoms with Crippen molar-refractivity contribution in [3.05, 3.63) is 11.6 Å². The lowest BCUT2D eigenvalue weighted by Crippen LogP contribution is -2.66. The second-order valence-corrected chi connectivity index (χ2v) is 13.7. The van der Waals surface area contributed by atoms with Crippen LogP contribution < -0.4 is 0 Å². The first-order valence-corrected chi connectivity index (χ1v) is 14.8. The molecule has 0 bridgehead atoms. The van der Waals surface area contributed by atoms with E-state index in [1.54, 1.807) is 13.2 Å². The minimum atomic E-state index is -0.850. The Morgan fingerprint density at radius 2 is 1.87 bits per heavy atom. The zero-order valence-corrected chi connectivity index (χ0v) is 23.3. The number of aliphatic hydroxyl groups is 3. The molecule has 8 nitrogen and oxygen atoms in total. The molecule has 5 fully saturated rings. The van der Waals surface area contributed by atoms with E-state index in [-0.39, 0.29) is 53.7 Å². The van der Waals surface area contributed by atoms with Crippen LogP contribution in [0.15, 0.2) is 11.6 Å². The van der Waals surface area contributed by atoms with Crippen LogP contribution in [0, 0.1) is 34.5 Å². The molecule has 0 unspecified atom stereocenters. The van der Waals surface area contributed by atoms with Crippen LogP contribution in [-0.2, 0) is 23.7 Å². The molecule has 1 saturated heterocycles. The maximum atomic E-state index is 12.4. The highest BCUT2D eigenvalue weighted by Gasteiger charge is 2.70. The molecule has 4 saturated carbocycles. The van der Waals surface area contributed by atoms with Gasteiger partial charge < -0.3 is 34.3 Å². The molecule has 4 aliphatic carbocycles. The third-order valence-corrected chi connectivity index (χ3v) is 12.2. The molecule has 8 heteroatoms. The monoisotopic (exact) mass is 534 g/mol. The van der Waals surface area contributed by atoms with Crippen molar-refractivity contribution in [2.45, 2.75) is 121 Å². The van der Waals surface area contributed by atoms with Crippen LogP contribution in [0.1, 0.15) is 78.6 Å². The van der Waals surface area contributed by atoms with E-state index in [1.807, 2.05) is 6.92 Å². The minimum Gasteiger partial charge on any atom is -0.458 e. The molecule has 13 atom stereocenters. The largest absolute Gasteiger partial charge is 0.458 e. The quantitative estimate of drug-likeness (QED) is 0.372. The summed E-state index contributed by atoms with van der Waals surface area (Å²) in [5.41, 5.74) is -0.389. The molecule has 0 amide bonds. The van der Waals surface area contributed by atoms with Crippen molar-refractivity contribution in [1.82, 2.24) is 0 Å². The zero-order valence-electron chi connectivity index (χ0n) is 23.3. The van der Waals surface area contributed by atoms with Crippen molar-refractivity contribution in [2.75, 3.05) is 13.7 Å². The van der Waals surface area contributed by atoms with Crippen LogP contribution in [0.2, 0.25) is 0 Å². The van der Waals surface area contributed by atoms with Crippen LogP contribution in [0.5, 0.6) is 0 Å². The van der Waals surface area contributed by atoms with Crippen LogP contribution >= 0.6 is 0 Å². The normalized spacial score (nSPS) is 54.5. The molecule has 2 aliphatic heterocycles. The summed E-state index contributed by atoms with van der Waals surface area (Å²) in [5, 5.41) is 34.5. The summed E-state index contributed by atoms with van der Waals surface area (Å²) in [6, 6.07) is 0. The summed E-state index contributed by atoms with van der Waals surface area (Å²) in [6.07, 6.45) is 6.83. The van der Waals surface area contributed by atoms with Crippen molar-refractivity contribution >= 4 is 5.97 Å². The third-order valence-electron chi connectivity index (χ3n) is 12.2. The average Bonchev–Trinajstić information content (AvgIpc) is 3.41. The molecule has 0 radical (unpaired) electrons. The lowest BCUT2D eigenvalue weighted by Gasteiger charge is -2.65. The number of methoxy groups -OCH3 is 1. The van der Waals surface area contributed by atoms with Gasteiger partial charge in [0.15, 0.2) is 6.29 Å². The number of esters is 1. The Morgan fingerprint density at radius 1 is 1.08 bits per heavy atom. The van der Waals surface area contributed by atoms with E-state index in [9.17, 15) is 20.1 Å². The Hall–Kier alpha value is -1.03. The molecule has 3 N–H and O–H groups in total. The molecule has 214 valence electrons. The van der Waals surface area contributed by atoms with Crippen molar-refractivity contribution in [2.24, 2.45) is 34.5 Å². The van der Waals surface area contributed by atoms with E-state index in [4.69, 9.17) is 18.9 Å². The number of hydrogen-bond acceptors (Lipinski definition) is 8. The van der Waals surface area contributed by atoms with Gasteiger partial charge >= 0.3 is 5.97 Å². The van der Waals surface area contributed by atoms with E-state index < -0.39 is 23.2 Å². The van der Waals surface area contributed by atoms with Crippen molar-refractivity contribution in [1.29, 1.82) is 0 Å². The molecule has 0 aromatic carbocycles. The van der Waals surface area contributed by atoms with E-state index in [0.29, 0.717) is 31.8 Å². The summed E-state index contributed by atoms with van der Waals surface area (Å²) in [7, 11) is 1.62. The number of rotatable bonds is 4. The zero-order chi connectivity index (χ0) is 27.0. The van der Waals surface area contributed by atoms with Gasteiger partial charge in [0.05, 0.1) is 30.0 Å². The molecule has 0 aromatic rings. The van der Waals surface area contributed by atoms with E-state index in [2.05, 4.69) is 13.8 Å². The van der Waals surface area contributed by atoms with E-state index >= 15 is 0 Å². The highest BCUT2D eigenvalue weighted by Crippen LogP contribution is 2.70. The minimum absolute atomic E-state index is 0.0464. The first kappa shape index (κ1) is 27.2. The molecule has 2 heterocycles. The maximum Gasteiger partial charge on any atom is 0.331 e. The number of hydrogen-bond donors (Lipinski definition) is 3. The summed E-state index contributed by atoms with van der Waals surface area (Å²) in [6.45, 7) is 6.65. The molecule has 6 rings (SSSR count). The highest BCUT2D eigenvalue weighted by molar-refractivity contribution is 5.85. The van der Waals surface area contributed by atoms with Gasteiger partial charge in [-0.2, -0.15) is 0 Å². The van der Waals surface area contributed by atoms with Crippen LogP contribution in [0.25, 0.3) is 0 Å². The first-order valence-electron chi connectivity index (χ1n) is 14.8. The Labute approximate surface area is 226 Å². The molecule has 0 aromatic heterocycles. The fraction of sp³-hybridized carbons (Fsp3) is 0.900. The fourth-order valence-corrected chi connectivity index (χ4v) is 10.1. The number of ether oxygens (including phenoxy) is 4. The predicted octanol–water partition coefficient (Wildman–Crippen LogP) is 3.11. The van der Waals surface area contributed by atoms with Crippen molar-refractivity contribution < 1.29 is 39.1 Å². The molecular formula is C30H46O8. The number of aliphatic hydroxyl groups excluding tert-OH is 2. The van der Waals surface area contributed by atoms with Gasteiger partial charge in [0, 0.05) is 25.0 Å². The summed E-state index contributed by atoms with van der Waals surface area (Å²) in [4.78, 5) is 11.8. The van der Waals surface area contributed by atoms with E-state index in [0.717, 1.165) is 44.1 Å². The van der Waals surface area contributed by atoms with Gasteiger partial charge in [-0.25, -0.2) is 4.79 Å². The number of carbonyl (C=O) groups excluding carboxylic acids is 1. The van der Waals surface area contributed by atoms with E-state index in [1.165, 1.54) is 0 Å². The fourth-order valence-electron chi connectivity index (χ4n) is 10.1. The van der Waals surface area contributed by atoms with Gasteiger partial charge in [-0.1, -0.05) is 13.8 Å².